The number of benzene rings is 2. The Kier molecular flexibility index (Phi) is 3.23. The highest BCUT2D eigenvalue weighted by Crippen LogP contribution is 2.30. The molecule has 0 fully saturated rings. The second kappa shape index (κ2) is 4.89. The number of nitrogens with one attached hydrogen (secondary N) is 1. The number of hydrogen-bond donors (Lipinski definition) is 2. The Hall–Kier alpha value is -1.48. The van der Waals surface area contributed by atoms with E-state index in [1.807, 2.05) is 24.3 Å². The summed E-state index contributed by atoms with van der Waals surface area (Å²) >= 11 is 12.0. The van der Waals surface area contributed by atoms with Gasteiger partial charge in [0.25, 0.3) is 0 Å². The van der Waals surface area contributed by atoms with Gasteiger partial charge in [-0.25, -0.2) is 0 Å². The number of halogens is 2. The van der Waals surface area contributed by atoms with E-state index in [-0.39, 0.29) is 0 Å². The molecule has 0 unspecified atom stereocenters. The molecule has 0 saturated carbocycles. The van der Waals surface area contributed by atoms with Crippen molar-refractivity contribution in [3.63, 3.8) is 0 Å². The minimum atomic E-state index is 0.545. The minimum Gasteiger partial charge on any atom is -0.355 e. The smallest absolute Gasteiger partial charge is 0.0599 e. The molecule has 2 nitrogen and oxygen atoms in total. The fraction of sp³-hybridized carbons (Fsp3) is 0.0667. The number of rotatable bonds is 2. The predicted molar refractivity (Wildman–Crippen MR) is 81.6 cm³/mol. The third-order valence-electron chi connectivity index (χ3n) is 3.15. The van der Waals surface area contributed by atoms with E-state index in [0.29, 0.717) is 16.6 Å². The molecule has 0 bridgehead atoms. The zero-order valence-corrected chi connectivity index (χ0v) is 11.6. The zero-order chi connectivity index (χ0) is 13.4. The molecule has 0 aliphatic heterocycles. The lowest BCUT2D eigenvalue weighted by atomic mass is 10.1. The Morgan fingerprint density at radius 2 is 1.79 bits per heavy atom. The van der Waals surface area contributed by atoms with Crippen molar-refractivity contribution in [1.29, 1.82) is 0 Å². The van der Waals surface area contributed by atoms with Crippen LogP contribution in [0.2, 0.25) is 10.0 Å². The van der Waals surface area contributed by atoms with Crippen molar-refractivity contribution in [3.8, 4) is 11.3 Å². The average molecular weight is 291 g/mol. The molecule has 0 aliphatic carbocycles. The first-order valence-electron chi connectivity index (χ1n) is 5.94. The Labute approximate surface area is 121 Å². The standard InChI is InChI=1S/C15H12Cl2N2/c16-12-3-2-10(6-13(12)17)15-7-11-5-9(8-18)1-4-14(11)19-15/h1-7,19H,8,18H2. The average Bonchev–Trinajstić information content (AvgIpc) is 2.84. The van der Waals surface area contributed by atoms with Crippen molar-refractivity contribution in [2.24, 2.45) is 5.73 Å². The normalized spacial score (nSPS) is 11.1. The van der Waals surface area contributed by atoms with E-state index in [1.165, 1.54) is 0 Å². The van der Waals surface area contributed by atoms with Crippen molar-refractivity contribution in [2.75, 3.05) is 0 Å². The van der Waals surface area contributed by atoms with E-state index in [4.69, 9.17) is 28.9 Å². The molecule has 1 aromatic heterocycles. The SMILES string of the molecule is NCc1ccc2[nH]c(-c3ccc(Cl)c(Cl)c3)cc2c1. The van der Waals surface area contributed by atoms with E-state index < -0.39 is 0 Å². The van der Waals surface area contributed by atoms with Crippen LogP contribution in [0.1, 0.15) is 5.56 Å². The van der Waals surface area contributed by atoms with Gasteiger partial charge in [-0.3, -0.25) is 0 Å². The summed E-state index contributed by atoms with van der Waals surface area (Å²) in [5.41, 5.74) is 9.88. The van der Waals surface area contributed by atoms with Gasteiger partial charge in [-0.15, -0.1) is 0 Å². The molecule has 0 radical (unpaired) electrons. The molecule has 3 rings (SSSR count). The summed E-state index contributed by atoms with van der Waals surface area (Å²) in [5, 5.41) is 2.26. The summed E-state index contributed by atoms with van der Waals surface area (Å²) in [6.07, 6.45) is 0. The number of hydrogen-bond acceptors (Lipinski definition) is 1. The van der Waals surface area contributed by atoms with Crippen molar-refractivity contribution in [2.45, 2.75) is 6.54 Å². The first kappa shape index (κ1) is 12.5. The van der Waals surface area contributed by atoms with Gasteiger partial charge in [0.1, 0.15) is 0 Å². The summed E-state index contributed by atoms with van der Waals surface area (Å²) in [6.45, 7) is 0.545. The molecule has 19 heavy (non-hydrogen) atoms. The van der Waals surface area contributed by atoms with Crippen LogP contribution in [0.3, 0.4) is 0 Å². The van der Waals surface area contributed by atoms with Crippen LogP contribution in [0.5, 0.6) is 0 Å². The maximum absolute atomic E-state index is 6.05. The molecular weight excluding hydrogens is 279 g/mol. The third kappa shape index (κ3) is 2.35. The third-order valence-corrected chi connectivity index (χ3v) is 3.89. The Bertz CT molecular complexity index is 747. The highest BCUT2D eigenvalue weighted by Gasteiger charge is 2.06. The summed E-state index contributed by atoms with van der Waals surface area (Å²) in [4.78, 5) is 3.37. The second-order valence-electron chi connectivity index (χ2n) is 4.44. The van der Waals surface area contributed by atoms with E-state index >= 15 is 0 Å². The molecule has 0 saturated heterocycles. The van der Waals surface area contributed by atoms with Gasteiger partial charge in [0.15, 0.2) is 0 Å². The van der Waals surface area contributed by atoms with Crippen LogP contribution in [-0.2, 0) is 6.54 Å². The molecule has 0 aliphatic rings. The van der Waals surface area contributed by atoms with Gasteiger partial charge in [-0.2, -0.15) is 0 Å². The quantitative estimate of drug-likeness (QED) is 0.711. The number of nitrogens with two attached hydrogens (primary N) is 1. The number of aromatic nitrogens is 1. The summed E-state index contributed by atoms with van der Waals surface area (Å²) in [5.74, 6) is 0. The summed E-state index contributed by atoms with van der Waals surface area (Å²) < 4.78 is 0. The van der Waals surface area contributed by atoms with Crippen LogP contribution >= 0.6 is 23.2 Å². The Balaban J connectivity index is 2.11. The first-order chi connectivity index (χ1) is 9.17. The maximum atomic E-state index is 6.05. The highest BCUT2D eigenvalue weighted by molar-refractivity contribution is 6.42. The molecule has 3 aromatic rings. The Morgan fingerprint density at radius 1 is 0.947 bits per heavy atom. The van der Waals surface area contributed by atoms with Gasteiger partial charge in [0.05, 0.1) is 10.0 Å². The van der Waals surface area contributed by atoms with Gasteiger partial charge in [0.2, 0.25) is 0 Å². The van der Waals surface area contributed by atoms with E-state index in [2.05, 4.69) is 17.1 Å². The lowest BCUT2D eigenvalue weighted by Gasteiger charge is -2.00. The van der Waals surface area contributed by atoms with Crippen LogP contribution in [-0.4, -0.2) is 4.98 Å². The van der Waals surface area contributed by atoms with Gasteiger partial charge >= 0.3 is 0 Å². The topological polar surface area (TPSA) is 41.8 Å². The van der Waals surface area contributed by atoms with E-state index in [9.17, 15) is 0 Å². The first-order valence-corrected chi connectivity index (χ1v) is 6.70. The molecular formula is C15H12Cl2N2. The highest BCUT2D eigenvalue weighted by atomic mass is 35.5. The molecule has 0 atom stereocenters. The number of H-pyrrole nitrogens is 1. The lowest BCUT2D eigenvalue weighted by molar-refractivity contribution is 1.08. The van der Waals surface area contributed by atoms with E-state index in [1.54, 1.807) is 6.07 Å². The number of aromatic amines is 1. The van der Waals surface area contributed by atoms with Crippen LogP contribution in [0.4, 0.5) is 0 Å². The zero-order valence-electron chi connectivity index (χ0n) is 10.1. The van der Waals surface area contributed by atoms with Crippen molar-refractivity contribution in [3.05, 3.63) is 58.1 Å². The second-order valence-corrected chi connectivity index (χ2v) is 5.25. The molecule has 3 N–H and O–H groups in total. The number of fused-ring (bicyclic) bond motifs is 1. The monoisotopic (exact) mass is 290 g/mol. The van der Waals surface area contributed by atoms with Gasteiger partial charge < -0.3 is 10.7 Å². The molecule has 1 heterocycles. The molecule has 0 spiro atoms. The fourth-order valence-corrected chi connectivity index (χ4v) is 2.43. The van der Waals surface area contributed by atoms with Crippen molar-refractivity contribution >= 4 is 34.1 Å². The minimum absolute atomic E-state index is 0.545. The summed E-state index contributed by atoms with van der Waals surface area (Å²) in [6, 6.07) is 13.9. The van der Waals surface area contributed by atoms with Gasteiger partial charge in [0, 0.05) is 23.1 Å². The lowest BCUT2D eigenvalue weighted by Crippen LogP contribution is -1.94. The van der Waals surface area contributed by atoms with Gasteiger partial charge in [-0.1, -0.05) is 35.3 Å². The predicted octanol–water partition coefficient (Wildman–Crippen LogP) is 4.60. The van der Waals surface area contributed by atoms with Crippen molar-refractivity contribution < 1.29 is 0 Å². The molecule has 4 heteroatoms. The fourth-order valence-electron chi connectivity index (χ4n) is 2.13. The van der Waals surface area contributed by atoms with E-state index in [0.717, 1.165) is 27.7 Å². The van der Waals surface area contributed by atoms with Crippen molar-refractivity contribution in [1.82, 2.24) is 4.98 Å². The molecule has 0 amide bonds. The van der Waals surface area contributed by atoms with Crippen LogP contribution in [0.15, 0.2) is 42.5 Å². The Morgan fingerprint density at radius 3 is 2.53 bits per heavy atom. The summed E-state index contributed by atoms with van der Waals surface area (Å²) in [7, 11) is 0. The molecule has 2 aromatic carbocycles. The van der Waals surface area contributed by atoms with Crippen LogP contribution < -0.4 is 5.73 Å². The van der Waals surface area contributed by atoms with Crippen LogP contribution in [0.25, 0.3) is 22.2 Å². The maximum Gasteiger partial charge on any atom is 0.0599 e. The van der Waals surface area contributed by atoms with Crippen LogP contribution in [0, 0.1) is 0 Å². The van der Waals surface area contributed by atoms with Gasteiger partial charge in [-0.05, 0) is 41.5 Å². The largest absolute Gasteiger partial charge is 0.355 e. The molecule has 96 valence electrons.